The summed E-state index contributed by atoms with van der Waals surface area (Å²) in [5.74, 6) is 0. The van der Waals surface area contributed by atoms with Gasteiger partial charge < -0.3 is 0 Å². The third-order valence-electron chi connectivity index (χ3n) is 1.67. The van der Waals surface area contributed by atoms with Crippen LogP contribution in [-0.2, 0) is 6.54 Å². The van der Waals surface area contributed by atoms with E-state index in [1.807, 2.05) is 12.1 Å². The van der Waals surface area contributed by atoms with E-state index >= 15 is 0 Å². The molecule has 2 aromatic rings. The first-order valence-corrected chi connectivity index (χ1v) is 4.16. The first-order valence-electron chi connectivity index (χ1n) is 3.78. The molecule has 0 bridgehead atoms. The van der Waals surface area contributed by atoms with Gasteiger partial charge in [-0.2, -0.15) is 0 Å². The molecule has 0 unspecified atom stereocenters. The van der Waals surface area contributed by atoms with Gasteiger partial charge >= 0.3 is 0 Å². The SMILES string of the molecule is Clc1nncn1Cc1ccncc1. The molecule has 5 heteroatoms. The Kier molecular flexibility index (Phi) is 2.23. The van der Waals surface area contributed by atoms with Crippen LogP contribution in [0.1, 0.15) is 5.56 Å². The molecular weight excluding hydrogens is 188 g/mol. The molecule has 4 nitrogen and oxygen atoms in total. The van der Waals surface area contributed by atoms with Crippen LogP contribution in [0.4, 0.5) is 0 Å². The van der Waals surface area contributed by atoms with E-state index in [1.165, 1.54) is 0 Å². The molecule has 0 spiro atoms. The molecule has 0 amide bonds. The Balaban J connectivity index is 2.20. The molecule has 0 saturated heterocycles. The monoisotopic (exact) mass is 194 g/mol. The largest absolute Gasteiger partial charge is 0.300 e. The third-order valence-corrected chi connectivity index (χ3v) is 1.96. The second kappa shape index (κ2) is 3.53. The van der Waals surface area contributed by atoms with E-state index in [0.717, 1.165) is 5.56 Å². The highest BCUT2D eigenvalue weighted by atomic mass is 35.5. The van der Waals surface area contributed by atoms with Crippen molar-refractivity contribution in [2.45, 2.75) is 6.54 Å². The minimum Gasteiger partial charge on any atom is -0.300 e. The van der Waals surface area contributed by atoms with Crippen LogP contribution in [0, 0.1) is 0 Å². The van der Waals surface area contributed by atoms with Gasteiger partial charge in [0.25, 0.3) is 0 Å². The maximum absolute atomic E-state index is 5.76. The Hall–Kier alpha value is -1.42. The summed E-state index contributed by atoms with van der Waals surface area (Å²) in [6.07, 6.45) is 5.09. The molecule has 2 rings (SSSR count). The van der Waals surface area contributed by atoms with Crippen molar-refractivity contribution in [3.8, 4) is 0 Å². The minimum atomic E-state index is 0.400. The molecule has 0 atom stereocenters. The molecule has 2 aromatic heterocycles. The van der Waals surface area contributed by atoms with Gasteiger partial charge in [0.2, 0.25) is 5.28 Å². The lowest BCUT2D eigenvalue weighted by molar-refractivity contribution is 0.794. The van der Waals surface area contributed by atoms with Crippen molar-refractivity contribution in [2.75, 3.05) is 0 Å². The van der Waals surface area contributed by atoms with E-state index in [0.29, 0.717) is 11.8 Å². The second-order valence-electron chi connectivity index (χ2n) is 2.58. The fourth-order valence-corrected chi connectivity index (χ4v) is 1.18. The number of nitrogens with zero attached hydrogens (tertiary/aromatic N) is 4. The smallest absolute Gasteiger partial charge is 0.225 e. The third kappa shape index (κ3) is 1.84. The zero-order valence-corrected chi connectivity index (χ0v) is 7.52. The van der Waals surface area contributed by atoms with Gasteiger partial charge in [-0.15, -0.1) is 10.2 Å². The molecule has 0 aliphatic rings. The number of rotatable bonds is 2. The summed E-state index contributed by atoms with van der Waals surface area (Å²) >= 11 is 5.76. The number of pyridine rings is 1. The van der Waals surface area contributed by atoms with Crippen molar-refractivity contribution in [2.24, 2.45) is 0 Å². The van der Waals surface area contributed by atoms with Crippen LogP contribution in [-0.4, -0.2) is 19.7 Å². The van der Waals surface area contributed by atoms with Gasteiger partial charge in [0.15, 0.2) is 0 Å². The predicted molar refractivity (Wildman–Crippen MR) is 48.4 cm³/mol. The molecule has 13 heavy (non-hydrogen) atoms. The van der Waals surface area contributed by atoms with Crippen LogP contribution in [0.3, 0.4) is 0 Å². The molecule has 2 heterocycles. The number of hydrogen-bond acceptors (Lipinski definition) is 3. The minimum absolute atomic E-state index is 0.400. The van der Waals surface area contributed by atoms with Gasteiger partial charge in [-0.1, -0.05) is 0 Å². The van der Waals surface area contributed by atoms with E-state index in [4.69, 9.17) is 11.6 Å². The molecule has 66 valence electrons. The highest BCUT2D eigenvalue weighted by Gasteiger charge is 2.00. The Morgan fingerprint density at radius 2 is 2.08 bits per heavy atom. The van der Waals surface area contributed by atoms with Gasteiger partial charge in [-0.3, -0.25) is 9.55 Å². The average molecular weight is 195 g/mol. The molecule has 0 aliphatic carbocycles. The zero-order valence-electron chi connectivity index (χ0n) is 6.76. The number of halogens is 1. The highest BCUT2D eigenvalue weighted by molar-refractivity contribution is 6.28. The van der Waals surface area contributed by atoms with Gasteiger partial charge in [-0.05, 0) is 29.3 Å². The van der Waals surface area contributed by atoms with Gasteiger partial charge in [-0.25, -0.2) is 0 Å². The molecule has 0 aromatic carbocycles. The lowest BCUT2D eigenvalue weighted by atomic mass is 10.3. The summed E-state index contributed by atoms with van der Waals surface area (Å²) in [6, 6.07) is 3.85. The van der Waals surface area contributed by atoms with Crippen LogP contribution in [0.5, 0.6) is 0 Å². The number of hydrogen-bond donors (Lipinski definition) is 0. The lowest BCUT2D eigenvalue weighted by Crippen LogP contribution is -1.97. The van der Waals surface area contributed by atoms with Crippen molar-refractivity contribution in [3.63, 3.8) is 0 Å². The Morgan fingerprint density at radius 1 is 1.31 bits per heavy atom. The fraction of sp³-hybridized carbons (Fsp3) is 0.125. The first-order chi connectivity index (χ1) is 6.36. The van der Waals surface area contributed by atoms with Gasteiger partial charge in [0.05, 0.1) is 6.54 Å². The Bertz CT molecular complexity index is 384. The topological polar surface area (TPSA) is 43.6 Å². The zero-order chi connectivity index (χ0) is 9.10. The Labute approximate surface area is 80.2 Å². The second-order valence-corrected chi connectivity index (χ2v) is 2.92. The van der Waals surface area contributed by atoms with Crippen molar-refractivity contribution in [1.29, 1.82) is 0 Å². The maximum atomic E-state index is 5.76. The van der Waals surface area contributed by atoms with Crippen LogP contribution in [0.15, 0.2) is 30.9 Å². The molecule has 0 N–H and O–H groups in total. The Morgan fingerprint density at radius 3 is 2.69 bits per heavy atom. The van der Waals surface area contributed by atoms with Crippen LogP contribution < -0.4 is 0 Å². The van der Waals surface area contributed by atoms with Crippen LogP contribution >= 0.6 is 11.6 Å². The summed E-state index contributed by atoms with van der Waals surface area (Å²) < 4.78 is 1.76. The standard InChI is InChI=1S/C8H7ClN4/c9-8-12-11-6-13(8)5-7-1-3-10-4-2-7/h1-4,6H,5H2. The number of aromatic nitrogens is 4. The quantitative estimate of drug-likeness (QED) is 0.726. The average Bonchev–Trinajstić information content (AvgIpc) is 2.54. The summed E-state index contributed by atoms with van der Waals surface area (Å²) in [6.45, 7) is 0.675. The van der Waals surface area contributed by atoms with Crippen LogP contribution in [0.25, 0.3) is 0 Å². The normalized spacial score (nSPS) is 10.2. The molecule has 0 fully saturated rings. The summed E-state index contributed by atoms with van der Waals surface area (Å²) in [4.78, 5) is 3.92. The van der Waals surface area contributed by atoms with Gasteiger partial charge in [0.1, 0.15) is 6.33 Å². The summed E-state index contributed by atoms with van der Waals surface area (Å²) in [5, 5.41) is 7.76. The van der Waals surface area contributed by atoms with Crippen molar-refractivity contribution in [3.05, 3.63) is 41.7 Å². The van der Waals surface area contributed by atoms with E-state index in [9.17, 15) is 0 Å². The lowest BCUT2D eigenvalue weighted by Gasteiger charge is -2.01. The van der Waals surface area contributed by atoms with E-state index < -0.39 is 0 Å². The van der Waals surface area contributed by atoms with E-state index in [2.05, 4.69) is 15.2 Å². The van der Waals surface area contributed by atoms with Crippen molar-refractivity contribution >= 4 is 11.6 Å². The first kappa shape index (κ1) is 8.19. The van der Waals surface area contributed by atoms with Crippen molar-refractivity contribution in [1.82, 2.24) is 19.7 Å². The van der Waals surface area contributed by atoms with E-state index in [-0.39, 0.29) is 0 Å². The maximum Gasteiger partial charge on any atom is 0.225 e. The predicted octanol–water partition coefficient (Wildman–Crippen LogP) is 1.37. The molecule has 0 aliphatic heterocycles. The van der Waals surface area contributed by atoms with Crippen molar-refractivity contribution < 1.29 is 0 Å². The van der Waals surface area contributed by atoms with Gasteiger partial charge in [0, 0.05) is 12.4 Å². The fourth-order valence-electron chi connectivity index (χ4n) is 1.03. The highest BCUT2D eigenvalue weighted by Crippen LogP contribution is 2.06. The molecular formula is C8H7ClN4. The molecule has 0 saturated carbocycles. The molecule has 0 radical (unpaired) electrons. The summed E-state index contributed by atoms with van der Waals surface area (Å²) in [5.41, 5.74) is 1.12. The van der Waals surface area contributed by atoms with E-state index in [1.54, 1.807) is 23.3 Å². The summed E-state index contributed by atoms with van der Waals surface area (Å²) in [7, 11) is 0. The van der Waals surface area contributed by atoms with Crippen LogP contribution in [0.2, 0.25) is 5.28 Å².